The van der Waals surface area contributed by atoms with Crippen LogP contribution in [0.3, 0.4) is 0 Å². The minimum atomic E-state index is -0.100. The molecule has 1 aromatic carbocycles. The van der Waals surface area contributed by atoms with Gasteiger partial charge in [0.2, 0.25) is 0 Å². The van der Waals surface area contributed by atoms with Crippen LogP contribution in [0.15, 0.2) is 48.7 Å². The first-order valence-corrected chi connectivity index (χ1v) is 13.6. The number of aromatic nitrogens is 2. The molecule has 2 aromatic heterocycles. The SMILES string of the molecule is COc1ccc(N2C(=S)NC(c3ccccn3)C2c2cc(C)n(CCCN3CCOCC3)c2C)cc1Cl. The van der Waals surface area contributed by atoms with Crippen molar-refractivity contribution in [3.63, 3.8) is 0 Å². The molecule has 37 heavy (non-hydrogen) atoms. The zero-order valence-electron chi connectivity index (χ0n) is 21.6. The van der Waals surface area contributed by atoms with Gasteiger partial charge < -0.3 is 24.3 Å². The van der Waals surface area contributed by atoms with Crippen LogP contribution in [0.25, 0.3) is 0 Å². The van der Waals surface area contributed by atoms with E-state index in [4.69, 9.17) is 33.3 Å². The van der Waals surface area contributed by atoms with Gasteiger partial charge in [0, 0.05) is 49.5 Å². The highest BCUT2D eigenvalue weighted by Gasteiger charge is 2.42. The lowest BCUT2D eigenvalue weighted by atomic mass is 9.96. The maximum Gasteiger partial charge on any atom is 0.174 e. The quantitative estimate of drug-likeness (QED) is 0.401. The fraction of sp³-hybridized carbons (Fsp3) is 0.429. The molecule has 0 saturated carbocycles. The predicted molar refractivity (Wildman–Crippen MR) is 152 cm³/mol. The third-order valence-electron chi connectivity index (χ3n) is 7.40. The molecule has 2 aliphatic rings. The van der Waals surface area contributed by atoms with Gasteiger partial charge in [0.15, 0.2) is 5.11 Å². The number of benzene rings is 1. The van der Waals surface area contributed by atoms with E-state index in [9.17, 15) is 0 Å². The van der Waals surface area contributed by atoms with Crippen molar-refractivity contribution in [2.45, 2.75) is 38.9 Å². The standard InChI is InChI=1S/C28H34ClN5O2S/c1-19-17-22(20(2)33(19)12-6-11-32-13-15-36-16-14-32)27-26(24-7-4-5-10-30-24)31-28(37)34(27)21-8-9-25(35-3)23(29)18-21/h4-5,7-10,17-18,26-27H,6,11-16H2,1-3H3,(H,31,37). The minimum absolute atomic E-state index is 0.0777. The fourth-order valence-electron chi connectivity index (χ4n) is 5.50. The first-order chi connectivity index (χ1) is 18.0. The minimum Gasteiger partial charge on any atom is -0.495 e. The number of aryl methyl sites for hydroxylation is 1. The van der Waals surface area contributed by atoms with Gasteiger partial charge in [-0.05, 0) is 74.4 Å². The molecule has 0 aliphatic carbocycles. The van der Waals surface area contributed by atoms with Crippen molar-refractivity contribution in [1.82, 2.24) is 19.8 Å². The fourth-order valence-corrected chi connectivity index (χ4v) is 6.10. The first-order valence-electron chi connectivity index (χ1n) is 12.8. The van der Waals surface area contributed by atoms with Crippen molar-refractivity contribution in [3.05, 3.63) is 76.3 Å². The highest BCUT2D eigenvalue weighted by molar-refractivity contribution is 7.80. The second-order valence-corrected chi connectivity index (χ2v) is 10.4. The molecule has 0 radical (unpaired) electrons. The van der Waals surface area contributed by atoms with E-state index in [0.717, 1.165) is 57.2 Å². The van der Waals surface area contributed by atoms with Crippen LogP contribution in [0.4, 0.5) is 5.69 Å². The summed E-state index contributed by atoms with van der Waals surface area (Å²) in [5.74, 6) is 0.639. The monoisotopic (exact) mass is 539 g/mol. The molecule has 2 fully saturated rings. The number of anilines is 1. The van der Waals surface area contributed by atoms with E-state index in [-0.39, 0.29) is 12.1 Å². The Balaban J connectivity index is 1.48. The molecule has 2 unspecified atom stereocenters. The van der Waals surface area contributed by atoms with Gasteiger partial charge in [-0.2, -0.15) is 0 Å². The Morgan fingerprint density at radius 2 is 1.95 bits per heavy atom. The van der Waals surface area contributed by atoms with E-state index < -0.39 is 0 Å². The smallest absolute Gasteiger partial charge is 0.174 e. The number of methoxy groups -OCH3 is 1. The van der Waals surface area contributed by atoms with Crippen LogP contribution in [0, 0.1) is 13.8 Å². The largest absolute Gasteiger partial charge is 0.495 e. The van der Waals surface area contributed by atoms with E-state index >= 15 is 0 Å². The molecule has 7 nitrogen and oxygen atoms in total. The van der Waals surface area contributed by atoms with Crippen molar-refractivity contribution in [2.75, 3.05) is 44.9 Å². The Labute approximate surface area is 229 Å². The Morgan fingerprint density at radius 1 is 1.14 bits per heavy atom. The maximum atomic E-state index is 6.54. The van der Waals surface area contributed by atoms with Crippen molar-refractivity contribution in [3.8, 4) is 5.75 Å². The van der Waals surface area contributed by atoms with E-state index in [1.165, 1.54) is 17.0 Å². The molecule has 2 saturated heterocycles. The number of thiocarbonyl (C=S) groups is 1. The molecule has 2 aliphatic heterocycles. The lowest BCUT2D eigenvalue weighted by Crippen LogP contribution is -2.37. The molecule has 5 rings (SSSR count). The second kappa shape index (κ2) is 11.4. The van der Waals surface area contributed by atoms with Gasteiger partial charge in [-0.3, -0.25) is 9.88 Å². The summed E-state index contributed by atoms with van der Waals surface area (Å²) in [6, 6.07) is 14.0. The Morgan fingerprint density at radius 3 is 2.65 bits per heavy atom. The highest BCUT2D eigenvalue weighted by atomic mass is 35.5. The summed E-state index contributed by atoms with van der Waals surface area (Å²) in [7, 11) is 1.62. The summed E-state index contributed by atoms with van der Waals surface area (Å²) in [5.41, 5.74) is 5.61. The molecule has 0 bridgehead atoms. The summed E-state index contributed by atoms with van der Waals surface area (Å²) < 4.78 is 13.3. The van der Waals surface area contributed by atoms with Crippen LogP contribution in [0.2, 0.25) is 5.02 Å². The Hall–Kier alpha value is -2.65. The van der Waals surface area contributed by atoms with E-state index in [1.807, 2.05) is 36.5 Å². The number of nitrogens with zero attached hydrogens (tertiary/aromatic N) is 4. The van der Waals surface area contributed by atoms with Crippen molar-refractivity contribution in [1.29, 1.82) is 0 Å². The number of nitrogens with one attached hydrogen (secondary N) is 1. The van der Waals surface area contributed by atoms with Gasteiger partial charge >= 0.3 is 0 Å². The third kappa shape index (κ3) is 5.34. The molecule has 0 amide bonds. The first kappa shape index (κ1) is 26.0. The molecular formula is C28H34ClN5O2S. The molecule has 196 valence electrons. The van der Waals surface area contributed by atoms with Crippen LogP contribution >= 0.6 is 23.8 Å². The van der Waals surface area contributed by atoms with Crippen LogP contribution in [0.5, 0.6) is 5.75 Å². The number of ether oxygens (including phenoxy) is 2. The van der Waals surface area contributed by atoms with Crippen LogP contribution in [0.1, 0.15) is 41.1 Å². The van der Waals surface area contributed by atoms with E-state index in [2.05, 4.69) is 50.6 Å². The number of halogens is 1. The average Bonchev–Trinajstić information content (AvgIpc) is 3.40. The van der Waals surface area contributed by atoms with Gasteiger partial charge in [-0.25, -0.2) is 0 Å². The summed E-state index contributed by atoms with van der Waals surface area (Å²) >= 11 is 12.4. The molecule has 3 aromatic rings. The average molecular weight is 540 g/mol. The van der Waals surface area contributed by atoms with Gasteiger partial charge in [0.05, 0.1) is 43.1 Å². The summed E-state index contributed by atoms with van der Waals surface area (Å²) in [6.45, 7) is 10.2. The normalized spacial score (nSPS) is 20.3. The molecule has 0 spiro atoms. The molecule has 2 atom stereocenters. The number of pyridine rings is 1. The van der Waals surface area contributed by atoms with E-state index in [1.54, 1.807) is 7.11 Å². The topological polar surface area (TPSA) is 54.8 Å². The maximum absolute atomic E-state index is 6.54. The number of rotatable bonds is 8. The molecule has 1 N–H and O–H groups in total. The molecular weight excluding hydrogens is 506 g/mol. The zero-order valence-corrected chi connectivity index (χ0v) is 23.2. The van der Waals surface area contributed by atoms with Crippen molar-refractivity contribution in [2.24, 2.45) is 0 Å². The van der Waals surface area contributed by atoms with Crippen molar-refractivity contribution >= 4 is 34.6 Å². The van der Waals surface area contributed by atoms with Crippen LogP contribution in [-0.4, -0.2) is 59.5 Å². The van der Waals surface area contributed by atoms with Gasteiger partial charge in [0.25, 0.3) is 0 Å². The number of hydrogen-bond donors (Lipinski definition) is 1. The molecule has 4 heterocycles. The second-order valence-electron chi connectivity index (χ2n) is 9.60. The predicted octanol–water partition coefficient (Wildman–Crippen LogP) is 5.06. The summed E-state index contributed by atoms with van der Waals surface area (Å²) in [4.78, 5) is 9.34. The van der Waals surface area contributed by atoms with Gasteiger partial charge in [-0.15, -0.1) is 0 Å². The number of hydrogen-bond acceptors (Lipinski definition) is 5. The lowest BCUT2D eigenvalue weighted by molar-refractivity contribution is 0.0369. The summed E-state index contributed by atoms with van der Waals surface area (Å²) in [5, 5.41) is 4.75. The Bertz CT molecular complexity index is 1240. The number of morpholine rings is 1. The highest BCUT2D eigenvalue weighted by Crippen LogP contribution is 2.44. The van der Waals surface area contributed by atoms with Crippen LogP contribution in [-0.2, 0) is 11.3 Å². The van der Waals surface area contributed by atoms with E-state index in [0.29, 0.717) is 15.9 Å². The zero-order chi connectivity index (χ0) is 25.9. The Kier molecular flexibility index (Phi) is 8.00. The van der Waals surface area contributed by atoms with Crippen molar-refractivity contribution < 1.29 is 9.47 Å². The third-order valence-corrected chi connectivity index (χ3v) is 8.01. The van der Waals surface area contributed by atoms with Gasteiger partial charge in [0.1, 0.15) is 5.75 Å². The van der Waals surface area contributed by atoms with Crippen LogP contribution < -0.4 is 15.0 Å². The molecule has 9 heteroatoms. The summed E-state index contributed by atoms with van der Waals surface area (Å²) in [6.07, 6.45) is 2.93. The van der Waals surface area contributed by atoms with Gasteiger partial charge in [-0.1, -0.05) is 17.7 Å². The lowest BCUT2D eigenvalue weighted by Gasteiger charge is -2.29.